The molecular weight excluding hydrogens is 402 g/mol. The van der Waals surface area contributed by atoms with E-state index in [1.165, 1.54) is 0 Å². The summed E-state index contributed by atoms with van der Waals surface area (Å²) >= 11 is -0.0123. The molecule has 0 N–H and O–H groups in total. The summed E-state index contributed by atoms with van der Waals surface area (Å²) in [5.41, 5.74) is 0. The molecule has 0 fully saturated rings. The normalized spacial score (nSPS) is 11.6. The van der Waals surface area contributed by atoms with E-state index in [9.17, 15) is 13.2 Å². The molecule has 5 heteroatoms. The van der Waals surface area contributed by atoms with Crippen molar-refractivity contribution in [2.24, 2.45) is 11.8 Å². The minimum absolute atomic E-state index is 0.0123. The van der Waals surface area contributed by atoms with Crippen molar-refractivity contribution in [3.63, 3.8) is 0 Å². The van der Waals surface area contributed by atoms with Crippen molar-refractivity contribution in [1.29, 1.82) is 0 Å². The molecule has 0 aromatic rings. The van der Waals surface area contributed by atoms with Gasteiger partial charge in [0, 0.05) is 0 Å². The summed E-state index contributed by atoms with van der Waals surface area (Å²) in [5.74, 6) is 1.95. The van der Waals surface area contributed by atoms with Gasteiger partial charge in [-0.3, -0.25) is 0 Å². The van der Waals surface area contributed by atoms with Crippen molar-refractivity contribution in [2.45, 2.75) is 42.1 Å². The van der Waals surface area contributed by atoms with Crippen LogP contribution in [0.15, 0.2) is 0 Å². The van der Waals surface area contributed by atoms with E-state index in [-0.39, 0.29) is 23.2 Å². The number of alkyl halides is 3. The number of rotatable bonds is 4. The van der Waals surface area contributed by atoms with Crippen LogP contribution in [-0.4, -0.2) is 36.0 Å². The maximum atomic E-state index is 10.5. The van der Waals surface area contributed by atoms with E-state index in [0.717, 1.165) is 11.8 Å². The quantitative estimate of drug-likeness (QED) is 0.640. The third-order valence-electron chi connectivity index (χ3n) is 1.15. The zero-order valence-corrected chi connectivity index (χ0v) is 13.2. The minimum atomic E-state index is -4.51. The van der Waals surface area contributed by atoms with Gasteiger partial charge in [0.05, 0.1) is 0 Å². The maximum Gasteiger partial charge on any atom is 0.374 e. The molecule has 0 heterocycles. The van der Waals surface area contributed by atoms with Gasteiger partial charge >= 0.3 is 77.2 Å². The predicted molar refractivity (Wildman–Crippen MR) is 56.0 cm³/mol. The Morgan fingerprint density at radius 2 is 1.27 bits per heavy atom. The van der Waals surface area contributed by atoms with Crippen LogP contribution in [0, 0.1) is 11.8 Å². The first kappa shape index (κ1) is 18.0. The van der Waals surface area contributed by atoms with Gasteiger partial charge in [-0.2, -0.15) is 13.2 Å². The zero-order chi connectivity index (χ0) is 12.5. The predicted octanol–water partition coefficient (Wildman–Crippen LogP) is 2.75. The summed E-state index contributed by atoms with van der Waals surface area (Å²) < 4.78 is 34.6. The van der Waals surface area contributed by atoms with Crippen LogP contribution in [0.1, 0.15) is 27.7 Å². The van der Waals surface area contributed by atoms with Gasteiger partial charge in [-0.15, -0.1) is 0 Å². The molecule has 0 aromatic carbocycles. The SMILES string of the molecule is CC(C)[CH2][Bi+][CH2]C(C)C.[O-]CC(F)(F)F. The Kier molecular flexibility index (Phi) is 11.8. The van der Waals surface area contributed by atoms with Crippen LogP contribution in [0.5, 0.6) is 0 Å². The van der Waals surface area contributed by atoms with Gasteiger partial charge in [0.15, 0.2) is 0 Å². The molecule has 1 nitrogen and oxygen atoms in total. The van der Waals surface area contributed by atoms with Gasteiger partial charge < -0.3 is 5.11 Å². The molecule has 0 aromatic heterocycles. The maximum absolute atomic E-state index is 10.5. The Morgan fingerprint density at radius 1 is 1.00 bits per heavy atom. The number of halogens is 3. The van der Waals surface area contributed by atoms with Crippen molar-refractivity contribution in [3.8, 4) is 0 Å². The third-order valence-corrected chi connectivity index (χ3v) is 8.84. The average Bonchev–Trinajstić information content (AvgIpc) is 2.02. The van der Waals surface area contributed by atoms with E-state index in [1.807, 2.05) is 0 Å². The van der Waals surface area contributed by atoms with Crippen LogP contribution in [0.4, 0.5) is 13.2 Å². The standard InChI is InChI=1S/2C4H9.C2H2F3O.Bi/c2*1-4(2)3;3-2(4,5)1-6;/h2*4H,1H2,2-3H3;1H2;/q;;-1;+1. The fourth-order valence-corrected chi connectivity index (χ4v) is 5.19. The molecule has 0 aliphatic carbocycles. The van der Waals surface area contributed by atoms with Crippen LogP contribution in [0.25, 0.3) is 0 Å². The van der Waals surface area contributed by atoms with Crippen molar-refractivity contribution >= 4 is 23.2 Å². The van der Waals surface area contributed by atoms with E-state index >= 15 is 0 Å². The summed E-state index contributed by atoms with van der Waals surface area (Å²) in [4.78, 5) is 0. The Hall–Kier alpha value is 0.633. The summed E-state index contributed by atoms with van der Waals surface area (Å²) in [5, 5.41) is 8.83. The molecule has 2 radical (unpaired) electrons. The average molecular weight is 422 g/mol. The molecular formula is C10H20BiF3O. The second-order valence-electron chi connectivity index (χ2n) is 4.14. The second-order valence-corrected chi connectivity index (χ2v) is 8.71. The Labute approximate surface area is 102 Å². The Morgan fingerprint density at radius 3 is 1.40 bits per heavy atom. The molecule has 0 aliphatic heterocycles. The molecule has 0 spiro atoms. The van der Waals surface area contributed by atoms with E-state index in [0.29, 0.717) is 0 Å². The van der Waals surface area contributed by atoms with Gasteiger partial charge in [-0.1, -0.05) is 0 Å². The largest absolute Gasteiger partial charge is 0.848 e. The fourth-order valence-electron chi connectivity index (χ4n) is 0.591. The minimum Gasteiger partial charge on any atom is -0.848 e. The monoisotopic (exact) mass is 422 g/mol. The molecule has 0 atom stereocenters. The van der Waals surface area contributed by atoms with Crippen molar-refractivity contribution in [1.82, 2.24) is 0 Å². The molecule has 0 bridgehead atoms. The number of hydrogen-bond acceptors (Lipinski definition) is 1. The van der Waals surface area contributed by atoms with E-state index < -0.39 is 12.8 Å². The van der Waals surface area contributed by atoms with Crippen LogP contribution in [0.2, 0.25) is 8.26 Å². The van der Waals surface area contributed by atoms with Crippen LogP contribution in [-0.2, 0) is 0 Å². The molecule has 0 rings (SSSR count). The molecule has 0 amide bonds. The Balaban J connectivity index is 0. The van der Waals surface area contributed by atoms with Crippen molar-refractivity contribution < 1.29 is 18.3 Å². The Bertz CT molecular complexity index is 127. The molecule has 92 valence electrons. The molecule has 0 saturated carbocycles. The first-order valence-corrected chi connectivity index (χ1v) is 9.88. The third kappa shape index (κ3) is 25.2. The first-order valence-electron chi connectivity index (χ1n) is 4.97. The van der Waals surface area contributed by atoms with Crippen LogP contribution >= 0.6 is 0 Å². The van der Waals surface area contributed by atoms with Crippen molar-refractivity contribution in [2.75, 3.05) is 6.61 Å². The molecule has 0 saturated heterocycles. The summed E-state index contributed by atoms with van der Waals surface area (Å²) in [6.45, 7) is 7.37. The second kappa shape index (κ2) is 9.83. The van der Waals surface area contributed by atoms with Gasteiger partial charge in [0.2, 0.25) is 0 Å². The van der Waals surface area contributed by atoms with Gasteiger partial charge in [0.25, 0.3) is 0 Å². The summed E-state index contributed by atoms with van der Waals surface area (Å²) in [6.07, 6.45) is -4.51. The van der Waals surface area contributed by atoms with E-state index in [1.54, 1.807) is 8.26 Å². The molecule has 0 aliphatic rings. The zero-order valence-electron chi connectivity index (χ0n) is 9.77. The molecule has 15 heavy (non-hydrogen) atoms. The van der Waals surface area contributed by atoms with Crippen LogP contribution in [0.3, 0.4) is 0 Å². The smallest absolute Gasteiger partial charge is 0.374 e. The van der Waals surface area contributed by atoms with Crippen molar-refractivity contribution in [3.05, 3.63) is 0 Å². The summed E-state index contributed by atoms with van der Waals surface area (Å²) in [7, 11) is 0. The van der Waals surface area contributed by atoms with E-state index in [4.69, 9.17) is 5.11 Å². The number of hydrogen-bond donors (Lipinski definition) is 0. The van der Waals surface area contributed by atoms with Gasteiger partial charge in [0.1, 0.15) is 0 Å². The topological polar surface area (TPSA) is 23.1 Å². The fraction of sp³-hybridized carbons (Fsp3) is 1.00. The summed E-state index contributed by atoms with van der Waals surface area (Å²) in [6, 6.07) is 0. The first-order chi connectivity index (χ1) is 6.69. The van der Waals surface area contributed by atoms with Gasteiger partial charge in [-0.05, 0) is 6.61 Å². The van der Waals surface area contributed by atoms with Gasteiger partial charge in [-0.25, -0.2) is 0 Å². The molecule has 0 unspecified atom stereocenters. The van der Waals surface area contributed by atoms with Crippen LogP contribution < -0.4 is 5.11 Å². The van der Waals surface area contributed by atoms with E-state index in [2.05, 4.69) is 27.7 Å².